The minimum absolute atomic E-state index is 0.00617. The van der Waals surface area contributed by atoms with Crippen LogP contribution in [0.1, 0.15) is 50.7 Å². The number of hydrogen-bond donors (Lipinski definition) is 1. The van der Waals surface area contributed by atoms with E-state index >= 15 is 0 Å². The lowest BCUT2D eigenvalue weighted by molar-refractivity contribution is -0.120. The highest BCUT2D eigenvalue weighted by Gasteiger charge is 2.22. The lowest BCUT2D eigenvalue weighted by atomic mass is 9.97. The number of para-hydroxylation sites is 1. The van der Waals surface area contributed by atoms with Crippen LogP contribution in [-0.2, 0) is 9.59 Å². The molecular formula is C24H31N3O2. The molecule has 1 N–H and O–H groups in total. The van der Waals surface area contributed by atoms with Crippen molar-refractivity contribution in [2.24, 2.45) is 0 Å². The lowest BCUT2D eigenvalue weighted by Gasteiger charge is -2.27. The van der Waals surface area contributed by atoms with E-state index in [-0.39, 0.29) is 24.3 Å². The molecule has 1 fully saturated rings. The zero-order chi connectivity index (χ0) is 21.0. The Hall–Kier alpha value is -2.82. The van der Waals surface area contributed by atoms with Gasteiger partial charge in [0.1, 0.15) is 6.54 Å². The Labute approximate surface area is 173 Å². The number of hydrogen-bond acceptors (Lipinski definition) is 3. The SMILES string of the molecule is CC(=O)N(CC(=O)Nc1ccc(N2CCCC2)cc1)c1c(C)cccc1C(C)C. The minimum atomic E-state index is -0.202. The average Bonchev–Trinajstić information content (AvgIpc) is 3.21. The fraction of sp³-hybridized carbons (Fsp3) is 0.417. The maximum atomic E-state index is 12.7. The van der Waals surface area contributed by atoms with E-state index in [9.17, 15) is 9.59 Å². The number of nitrogens with zero attached hydrogens (tertiary/aromatic N) is 2. The molecule has 0 atom stereocenters. The molecule has 2 amide bonds. The van der Waals surface area contributed by atoms with Crippen LogP contribution < -0.4 is 15.1 Å². The van der Waals surface area contributed by atoms with Crippen molar-refractivity contribution in [3.63, 3.8) is 0 Å². The van der Waals surface area contributed by atoms with Crippen LogP contribution >= 0.6 is 0 Å². The van der Waals surface area contributed by atoms with Gasteiger partial charge in [-0.15, -0.1) is 0 Å². The molecule has 0 bridgehead atoms. The monoisotopic (exact) mass is 393 g/mol. The lowest BCUT2D eigenvalue weighted by Crippen LogP contribution is -2.37. The molecule has 3 rings (SSSR count). The summed E-state index contributed by atoms with van der Waals surface area (Å²) in [6, 6.07) is 13.9. The molecule has 1 aliphatic rings. The van der Waals surface area contributed by atoms with Crippen molar-refractivity contribution in [3.05, 3.63) is 53.6 Å². The molecule has 5 heteroatoms. The largest absolute Gasteiger partial charge is 0.372 e. The zero-order valence-electron chi connectivity index (χ0n) is 17.9. The second-order valence-corrected chi connectivity index (χ2v) is 8.06. The van der Waals surface area contributed by atoms with Gasteiger partial charge >= 0.3 is 0 Å². The van der Waals surface area contributed by atoms with Crippen LogP contribution in [0.5, 0.6) is 0 Å². The summed E-state index contributed by atoms with van der Waals surface area (Å²) in [5.74, 6) is -0.0826. The number of benzene rings is 2. The van der Waals surface area contributed by atoms with Crippen molar-refractivity contribution >= 4 is 28.9 Å². The van der Waals surface area contributed by atoms with Crippen molar-refractivity contribution in [1.82, 2.24) is 0 Å². The molecule has 0 aromatic heterocycles. The fourth-order valence-electron chi connectivity index (χ4n) is 3.94. The summed E-state index contributed by atoms with van der Waals surface area (Å²) < 4.78 is 0. The molecule has 0 saturated carbocycles. The van der Waals surface area contributed by atoms with Crippen molar-refractivity contribution in [3.8, 4) is 0 Å². The van der Waals surface area contributed by atoms with E-state index < -0.39 is 0 Å². The normalized spacial score (nSPS) is 13.6. The van der Waals surface area contributed by atoms with E-state index in [2.05, 4.69) is 24.1 Å². The fourth-order valence-corrected chi connectivity index (χ4v) is 3.94. The van der Waals surface area contributed by atoms with Crippen LogP contribution in [-0.4, -0.2) is 31.4 Å². The topological polar surface area (TPSA) is 52.7 Å². The maximum Gasteiger partial charge on any atom is 0.244 e. The zero-order valence-corrected chi connectivity index (χ0v) is 17.9. The van der Waals surface area contributed by atoms with E-state index in [4.69, 9.17) is 0 Å². The van der Waals surface area contributed by atoms with Crippen molar-refractivity contribution < 1.29 is 9.59 Å². The predicted octanol–water partition coefficient (Wildman–Crippen LogP) is 4.71. The Morgan fingerprint density at radius 3 is 2.31 bits per heavy atom. The van der Waals surface area contributed by atoms with Crippen molar-refractivity contribution in [1.29, 1.82) is 0 Å². The van der Waals surface area contributed by atoms with E-state index in [1.807, 2.05) is 49.4 Å². The number of rotatable bonds is 6. The first-order chi connectivity index (χ1) is 13.9. The van der Waals surface area contributed by atoms with Gasteiger partial charge in [-0.1, -0.05) is 32.0 Å². The molecule has 0 spiro atoms. The molecule has 5 nitrogen and oxygen atoms in total. The molecule has 2 aromatic rings. The Morgan fingerprint density at radius 2 is 1.72 bits per heavy atom. The van der Waals surface area contributed by atoms with E-state index in [1.54, 1.807) is 4.90 Å². The second kappa shape index (κ2) is 9.12. The van der Waals surface area contributed by atoms with Gasteiger partial charge in [0, 0.05) is 31.4 Å². The number of nitrogens with one attached hydrogen (secondary N) is 1. The molecule has 0 unspecified atom stereocenters. The molecule has 154 valence electrons. The molecule has 1 saturated heterocycles. The first kappa shape index (κ1) is 20.9. The van der Waals surface area contributed by atoms with Gasteiger partial charge in [-0.25, -0.2) is 0 Å². The number of anilines is 3. The van der Waals surface area contributed by atoms with Gasteiger partial charge in [-0.3, -0.25) is 9.59 Å². The molecule has 0 radical (unpaired) electrons. The van der Waals surface area contributed by atoms with E-state index in [0.717, 1.165) is 35.6 Å². The summed E-state index contributed by atoms with van der Waals surface area (Å²) >= 11 is 0. The van der Waals surface area contributed by atoms with Gasteiger partial charge in [0.15, 0.2) is 0 Å². The molecular weight excluding hydrogens is 362 g/mol. The molecule has 1 heterocycles. The summed E-state index contributed by atoms with van der Waals surface area (Å²) in [6.45, 7) is 9.85. The van der Waals surface area contributed by atoms with Gasteiger partial charge in [-0.2, -0.15) is 0 Å². The Morgan fingerprint density at radius 1 is 1.07 bits per heavy atom. The second-order valence-electron chi connectivity index (χ2n) is 8.06. The minimum Gasteiger partial charge on any atom is -0.372 e. The van der Waals surface area contributed by atoms with Crippen LogP contribution in [0.3, 0.4) is 0 Å². The van der Waals surface area contributed by atoms with Gasteiger partial charge in [0.05, 0.1) is 5.69 Å². The molecule has 2 aromatic carbocycles. The average molecular weight is 394 g/mol. The first-order valence-electron chi connectivity index (χ1n) is 10.4. The predicted molar refractivity (Wildman–Crippen MR) is 120 cm³/mol. The van der Waals surface area contributed by atoms with Gasteiger partial charge in [0.25, 0.3) is 0 Å². The van der Waals surface area contributed by atoms with Crippen LogP contribution in [0, 0.1) is 6.92 Å². The third-order valence-corrected chi connectivity index (χ3v) is 5.46. The summed E-state index contributed by atoms with van der Waals surface area (Å²) in [7, 11) is 0. The molecule has 1 aliphatic heterocycles. The standard InChI is InChI=1S/C24H31N3O2/c1-17(2)22-9-7-8-18(3)24(22)27(19(4)28)16-23(29)25-20-10-12-21(13-11-20)26-14-5-6-15-26/h7-13,17H,5-6,14-16H2,1-4H3,(H,25,29). The van der Waals surface area contributed by atoms with E-state index in [1.165, 1.54) is 25.5 Å². The number of aryl methyl sites for hydroxylation is 1. The molecule has 29 heavy (non-hydrogen) atoms. The highest BCUT2D eigenvalue weighted by Crippen LogP contribution is 2.31. The van der Waals surface area contributed by atoms with Crippen LogP contribution in [0.4, 0.5) is 17.1 Å². The van der Waals surface area contributed by atoms with Crippen molar-refractivity contribution in [2.75, 3.05) is 34.8 Å². The van der Waals surface area contributed by atoms with Gasteiger partial charge in [0.2, 0.25) is 11.8 Å². The summed E-state index contributed by atoms with van der Waals surface area (Å²) in [5, 5.41) is 2.93. The number of carbonyl (C=O) groups is 2. The summed E-state index contributed by atoms with van der Waals surface area (Å²) in [4.78, 5) is 29.0. The van der Waals surface area contributed by atoms with E-state index in [0.29, 0.717) is 0 Å². The quantitative estimate of drug-likeness (QED) is 0.773. The highest BCUT2D eigenvalue weighted by molar-refractivity contribution is 6.02. The third-order valence-electron chi connectivity index (χ3n) is 5.46. The van der Waals surface area contributed by atoms with Crippen LogP contribution in [0.2, 0.25) is 0 Å². The summed E-state index contributed by atoms with van der Waals surface area (Å²) in [5.41, 5.74) is 4.84. The summed E-state index contributed by atoms with van der Waals surface area (Å²) in [6.07, 6.45) is 2.47. The molecule has 0 aliphatic carbocycles. The van der Waals surface area contributed by atoms with Crippen LogP contribution in [0.15, 0.2) is 42.5 Å². The number of carbonyl (C=O) groups excluding carboxylic acids is 2. The number of amides is 2. The van der Waals surface area contributed by atoms with Crippen molar-refractivity contribution in [2.45, 2.75) is 46.5 Å². The van der Waals surface area contributed by atoms with Gasteiger partial charge < -0.3 is 15.1 Å². The Balaban J connectivity index is 1.73. The highest BCUT2D eigenvalue weighted by atomic mass is 16.2. The smallest absolute Gasteiger partial charge is 0.244 e. The van der Waals surface area contributed by atoms with Crippen LogP contribution in [0.25, 0.3) is 0 Å². The Kier molecular flexibility index (Phi) is 6.57. The maximum absolute atomic E-state index is 12.7. The first-order valence-corrected chi connectivity index (χ1v) is 10.4. The third kappa shape index (κ3) is 4.97. The Bertz CT molecular complexity index is 868. The van der Waals surface area contributed by atoms with Gasteiger partial charge in [-0.05, 0) is 61.1 Å².